The molecule has 0 unspecified atom stereocenters. The van der Waals surface area contributed by atoms with Gasteiger partial charge in [-0.2, -0.15) is 0 Å². The van der Waals surface area contributed by atoms with Crippen molar-refractivity contribution in [3.05, 3.63) is 28.2 Å². The number of hydrogen-bond acceptors (Lipinski definition) is 3. The fourth-order valence-corrected chi connectivity index (χ4v) is 1.70. The summed E-state index contributed by atoms with van der Waals surface area (Å²) in [6, 6.07) is 5.33. The highest BCUT2D eigenvalue weighted by atomic mass is 35.5. The van der Waals surface area contributed by atoms with E-state index in [2.05, 4.69) is 10.6 Å². The third kappa shape index (κ3) is 5.12. The van der Waals surface area contributed by atoms with E-state index in [9.17, 15) is 4.79 Å². The summed E-state index contributed by atoms with van der Waals surface area (Å²) in [6.45, 7) is 1.53. The zero-order chi connectivity index (χ0) is 13.4. The molecule has 0 heterocycles. The third-order valence-corrected chi connectivity index (χ3v) is 3.07. The van der Waals surface area contributed by atoms with Crippen LogP contribution >= 0.6 is 23.2 Å². The number of benzene rings is 1. The van der Waals surface area contributed by atoms with Crippen LogP contribution in [0, 0.1) is 0 Å². The lowest BCUT2D eigenvalue weighted by atomic mass is 10.3. The number of methoxy groups -OCH3 is 1. The van der Waals surface area contributed by atoms with E-state index in [4.69, 9.17) is 27.9 Å². The smallest absolute Gasteiger partial charge is 0.221 e. The molecule has 0 bridgehead atoms. The average Bonchev–Trinajstić information content (AvgIpc) is 2.35. The minimum atomic E-state index is -0.0299. The lowest BCUT2D eigenvalue weighted by Gasteiger charge is -2.09. The van der Waals surface area contributed by atoms with Gasteiger partial charge in [0.25, 0.3) is 0 Å². The second-order valence-electron chi connectivity index (χ2n) is 3.62. The van der Waals surface area contributed by atoms with Gasteiger partial charge in [0.2, 0.25) is 5.91 Å². The topological polar surface area (TPSA) is 50.4 Å². The lowest BCUT2D eigenvalue weighted by molar-refractivity contribution is -0.121. The number of anilines is 1. The minimum Gasteiger partial charge on any atom is -0.383 e. The molecule has 6 heteroatoms. The monoisotopic (exact) mass is 290 g/mol. The molecule has 1 aromatic carbocycles. The summed E-state index contributed by atoms with van der Waals surface area (Å²) in [4.78, 5) is 11.4. The number of hydrogen-bond donors (Lipinski definition) is 2. The van der Waals surface area contributed by atoms with Gasteiger partial charge in [-0.05, 0) is 12.1 Å². The van der Waals surface area contributed by atoms with Gasteiger partial charge in [0.15, 0.2) is 0 Å². The Labute approximate surface area is 117 Å². The molecule has 0 aliphatic rings. The molecule has 0 radical (unpaired) electrons. The first-order valence-corrected chi connectivity index (χ1v) is 6.34. The fourth-order valence-electron chi connectivity index (χ4n) is 1.33. The van der Waals surface area contributed by atoms with Crippen LogP contribution in [0.3, 0.4) is 0 Å². The van der Waals surface area contributed by atoms with Crippen molar-refractivity contribution in [2.24, 2.45) is 0 Å². The van der Waals surface area contributed by atoms with Gasteiger partial charge in [0.05, 0.1) is 22.3 Å². The molecule has 0 saturated carbocycles. The van der Waals surface area contributed by atoms with Gasteiger partial charge in [0, 0.05) is 26.6 Å². The van der Waals surface area contributed by atoms with E-state index in [1.54, 1.807) is 19.2 Å². The van der Waals surface area contributed by atoms with E-state index in [0.29, 0.717) is 36.2 Å². The first kappa shape index (κ1) is 15.1. The van der Waals surface area contributed by atoms with Crippen molar-refractivity contribution in [3.63, 3.8) is 0 Å². The molecular formula is C12H16Cl2N2O2. The number of ether oxygens (including phenoxy) is 1. The quantitative estimate of drug-likeness (QED) is 0.759. The molecule has 4 nitrogen and oxygen atoms in total. The number of carbonyl (C=O) groups excluding carboxylic acids is 1. The fraction of sp³-hybridized carbons (Fsp3) is 0.417. The highest BCUT2D eigenvalue weighted by Gasteiger charge is 2.04. The number of carbonyl (C=O) groups is 1. The molecule has 0 fully saturated rings. The molecule has 1 rings (SSSR count). The van der Waals surface area contributed by atoms with Crippen molar-refractivity contribution in [2.45, 2.75) is 6.42 Å². The van der Waals surface area contributed by atoms with Crippen molar-refractivity contribution in [1.82, 2.24) is 5.32 Å². The summed E-state index contributed by atoms with van der Waals surface area (Å²) < 4.78 is 4.83. The number of rotatable bonds is 7. The van der Waals surface area contributed by atoms with Gasteiger partial charge >= 0.3 is 0 Å². The van der Waals surface area contributed by atoms with Crippen molar-refractivity contribution in [3.8, 4) is 0 Å². The maximum absolute atomic E-state index is 11.4. The van der Waals surface area contributed by atoms with Crippen LogP contribution in [0.4, 0.5) is 5.69 Å². The van der Waals surface area contributed by atoms with Crippen molar-refractivity contribution in [1.29, 1.82) is 0 Å². The molecule has 1 aromatic rings. The molecule has 18 heavy (non-hydrogen) atoms. The van der Waals surface area contributed by atoms with Crippen LogP contribution in [0.15, 0.2) is 18.2 Å². The molecule has 100 valence electrons. The van der Waals surface area contributed by atoms with Gasteiger partial charge < -0.3 is 15.4 Å². The van der Waals surface area contributed by atoms with Gasteiger partial charge in [0.1, 0.15) is 0 Å². The Morgan fingerprint density at radius 3 is 2.83 bits per heavy atom. The summed E-state index contributed by atoms with van der Waals surface area (Å²) in [6.07, 6.45) is 0.368. The Hall–Kier alpha value is -0.970. The number of halogens is 2. The molecule has 0 saturated heterocycles. The predicted molar refractivity (Wildman–Crippen MR) is 74.5 cm³/mol. The standard InChI is InChI=1S/C12H16Cl2N2O2/c1-18-8-7-16-11(17)5-6-15-10-4-2-3-9(13)12(10)14/h2-4,15H,5-8H2,1H3,(H,16,17). The van der Waals surface area contributed by atoms with Crippen molar-refractivity contribution < 1.29 is 9.53 Å². The highest BCUT2D eigenvalue weighted by molar-refractivity contribution is 6.43. The SMILES string of the molecule is COCCNC(=O)CCNc1cccc(Cl)c1Cl. The van der Waals surface area contributed by atoms with Crippen molar-refractivity contribution in [2.75, 3.05) is 32.1 Å². The largest absolute Gasteiger partial charge is 0.383 e. The van der Waals surface area contributed by atoms with E-state index in [1.165, 1.54) is 0 Å². The van der Waals surface area contributed by atoms with Crippen LogP contribution in [-0.2, 0) is 9.53 Å². The molecule has 0 atom stereocenters. The summed E-state index contributed by atoms with van der Waals surface area (Å²) in [5.41, 5.74) is 0.730. The molecule has 2 N–H and O–H groups in total. The first-order valence-electron chi connectivity index (χ1n) is 5.58. The molecule has 0 spiro atoms. The van der Waals surface area contributed by atoms with E-state index in [1.807, 2.05) is 6.07 Å². The third-order valence-electron chi connectivity index (χ3n) is 2.25. The molecule has 0 aliphatic heterocycles. The summed E-state index contributed by atoms with van der Waals surface area (Å²) >= 11 is 11.9. The Bertz CT molecular complexity index is 400. The molecule has 0 aliphatic carbocycles. The van der Waals surface area contributed by atoms with Crippen LogP contribution in [0.2, 0.25) is 10.0 Å². The lowest BCUT2D eigenvalue weighted by Crippen LogP contribution is -2.28. The van der Waals surface area contributed by atoms with Crippen LogP contribution in [-0.4, -0.2) is 32.7 Å². The Morgan fingerprint density at radius 2 is 2.11 bits per heavy atom. The Kier molecular flexibility index (Phi) is 6.86. The molecular weight excluding hydrogens is 275 g/mol. The van der Waals surface area contributed by atoms with E-state index in [-0.39, 0.29) is 5.91 Å². The molecule has 1 amide bonds. The van der Waals surface area contributed by atoms with E-state index < -0.39 is 0 Å². The van der Waals surface area contributed by atoms with Crippen molar-refractivity contribution >= 4 is 34.8 Å². The second-order valence-corrected chi connectivity index (χ2v) is 4.41. The first-order chi connectivity index (χ1) is 8.65. The van der Waals surface area contributed by atoms with Gasteiger partial charge in [-0.3, -0.25) is 4.79 Å². The second kappa shape index (κ2) is 8.19. The van der Waals surface area contributed by atoms with E-state index in [0.717, 1.165) is 5.69 Å². The normalized spacial score (nSPS) is 10.2. The summed E-state index contributed by atoms with van der Waals surface area (Å²) in [5.74, 6) is -0.0299. The zero-order valence-corrected chi connectivity index (χ0v) is 11.6. The van der Waals surface area contributed by atoms with Gasteiger partial charge in [-0.25, -0.2) is 0 Å². The minimum absolute atomic E-state index is 0.0299. The molecule has 0 aromatic heterocycles. The van der Waals surface area contributed by atoms with E-state index >= 15 is 0 Å². The maximum atomic E-state index is 11.4. The summed E-state index contributed by atoms with van der Waals surface area (Å²) in [7, 11) is 1.59. The number of nitrogens with one attached hydrogen (secondary N) is 2. The van der Waals surface area contributed by atoms with Crippen LogP contribution < -0.4 is 10.6 Å². The van der Waals surface area contributed by atoms with Crippen LogP contribution in [0.1, 0.15) is 6.42 Å². The summed E-state index contributed by atoms with van der Waals surface area (Å²) in [5, 5.41) is 6.76. The predicted octanol–water partition coefficient (Wildman–Crippen LogP) is 2.56. The Morgan fingerprint density at radius 1 is 1.33 bits per heavy atom. The highest BCUT2D eigenvalue weighted by Crippen LogP contribution is 2.29. The maximum Gasteiger partial charge on any atom is 0.221 e. The van der Waals surface area contributed by atoms with Crippen LogP contribution in [0.25, 0.3) is 0 Å². The zero-order valence-electron chi connectivity index (χ0n) is 10.1. The van der Waals surface area contributed by atoms with Gasteiger partial charge in [-0.15, -0.1) is 0 Å². The Balaban J connectivity index is 2.29. The number of amides is 1. The van der Waals surface area contributed by atoms with Crippen LogP contribution in [0.5, 0.6) is 0 Å². The average molecular weight is 291 g/mol. The van der Waals surface area contributed by atoms with Gasteiger partial charge in [-0.1, -0.05) is 29.3 Å².